The number of piperidine rings is 1. The van der Waals surface area contributed by atoms with E-state index in [0.29, 0.717) is 15.8 Å². The molecule has 21 heavy (non-hydrogen) atoms. The second-order valence-corrected chi connectivity index (χ2v) is 6.65. The van der Waals surface area contributed by atoms with Crippen molar-refractivity contribution in [3.8, 4) is 0 Å². The molecule has 3 rings (SSSR count). The Morgan fingerprint density at radius 2 is 1.90 bits per heavy atom. The minimum atomic E-state index is -3.50. The molecular weight excluding hydrogens is 310 g/mol. The largest absolute Gasteiger partial charge is 0.317 e. The molecule has 0 atom stereocenters. The molecule has 0 bridgehead atoms. The molecule has 1 fully saturated rings. The average Bonchev–Trinajstić information content (AvgIpc) is 2.47. The lowest BCUT2D eigenvalue weighted by atomic mass is 10.1. The summed E-state index contributed by atoms with van der Waals surface area (Å²) in [5.41, 5.74) is 0.695. The maximum Gasteiger partial charge on any atom is 0.241 e. The first-order valence-electron chi connectivity index (χ1n) is 6.74. The van der Waals surface area contributed by atoms with Crippen molar-refractivity contribution in [1.82, 2.24) is 15.0 Å². The quantitative estimate of drug-likeness (QED) is 0.900. The van der Waals surface area contributed by atoms with Gasteiger partial charge in [-0.1, -0.05) is 6.07 Å². The molecule has 2 aromatic rings. The molecule has 1 aromatic heterocycles. The van der Waals surface area contributed by atoms with Gasteiger partial charge in [0.15, 0.2) is 0 Å². The molecule has 0 spiro atoms. The number of hydrogen-bond acceptors (Lipinski definition) is 4. The number of fused-ring (bicyclic) bond motifs is 1. The first kappa shape index (κ1) is 16.2. The highest BCUT2D eigenvalue weighted by atomic mass is 35.5. The van der Waals surface area contributed by atoms with Gasteiger partial charge in [-0.05, 0) is 50.2 Å². The van der Waals surface area contributed by atoms with E-state index in [2.05, 4.69) is 15.0 Å². The number of halogens is 1. The van der Waals surface area contributed by atoms with Crippen LogP contribution >= 0.6 is 12.4 Å². The van der Waals surface area contributed by atoms with Crippen molar-refractivity contribution < 1.29 is 8.42 Å². The molecule has 2 heterocycles. The summed E-state index contributed by atoms with van der Waals surface area (Å²) in [6.45, 7) is 1.70. The average molecular weight is 328 g/mol. The van der Waals surface area contributed by atoms with E-state index < -0.39 is 10.0 Å². The zero-order valence-corrected chi connectivity index (χ0v) is 13.1. The summed E-state index contributed by atoms with van der Waals surface area (Å²) in [5.74, 6) is 0. The highest BCUT2D eigenvalue weighted by Crippen LogP contribution is 2.21. The van der Waals surface area contributed by atoms with Gasteiger partial charge in [0.25, 0.3) is 0 Å². The van der Waals surface area contributed by atoms with E-state index in [9.17, 15) is 8.42 Å². The molecule has 1 saturated heterocycles. The van der Waals surface area contributed by atoms with Crippen LogP contribution < -0.4 is 10.0 Å². The molecule has 1 aliphatic rings. The van der Waals surface area contributed by atoms with Gasteiger partial charge < -0.3 is 5.32 Å². The van der Waals surface area contributed by atoms with E-state index in [1.807, 2.05) is 6.07 Å². The Bertz CT molecular complexity index is 710. The number of nitrogens with one attached hydrogen (secondary N) is 2. The SMILES string of the molecule is Cl.O=S(=O)(NC1CCNCC1)c1cccc2ncccc12. The van der Waals surface area contributed by atoms with Crippen LogP contribution in [-0.2, 0) is 10.0 Å². The smallest absolute Gasteiger partial charge is 0.241 e. The molecular formula is C14H18ClN3O2S. The van der Waals surface area contributed by atoms with Crippen LogP contribution in [0.15, 0.2) is 41.4 Å². The minimum Gasteiger partial charge on any atom is -0.317 e. The lowest BCUT2D eigenvalue weighted by Crippen LogP contribution is -2.42. The van der Waals surface area contributed by atoms with Gasteiger partial charge >= 0.3 is 0 Å². The Kier molecular flexibility index (Phi) is 5.16. The minimum absolute atomic E-state index is 0. The number of hydrogen-bond donors (Lipinski definition) is 2. The second-order valence-electron chi connectivity index (χ2n) is 4.97. The third-order valence-corrected chi connectivity index (χ3v) is 5.13. The van der Waals surface area contributed by atoms with Gasteiger partial charge in [-0.15, -0.1) is 12.4 Å². The van der Waals surface area contributed by atoms with Gasteiger partial charge in [0.05, 0.1) is 10.4 Å². The van der Waals surface area contributed by atoms with Crippen LogP contribution in [-0.4, -0.2) is 32.5 Å². The molecule has 2 N–H and O–H groups in total. The summed E-state index contributed by atoms with van der Waals surface area (Å²) in [6.07, 6.45) is 3.31. The fourth-order valence-electron chi connectivity index (χ4n) is 2.53. The summed E-state index contributed by atoms with van der Waals surface area (Å²) in [4.78, 5) is 4.51. The number of rotatable bonds is 3. The lowest BCUT2D eigenvalue weighted by molar-refractivity contribution is 0.427. The van der Waals surface area contributed by atoms with Crippen molar-refractivity contribution in [2.45, 2.75) is 23.8 Å². The topological polar surface area (TPSA) is 71.1 Å². The predicted molar refractivity (Wildman–Crippen MR) is 85.2 cm³/mol. The summed E-state index contributed by atoms with van der Waals surface area (Å²) in [5, 5.41) is 3.89. The van der Waals surface area contributed by atoms with Crippen molar-refractivity contribution >= 4 is 33.3 Å². The zero-order valence-electron chi connectivity index (χ0n) is 11.5. The summed E-state index contributed by atoms with van der Waals surface area (Å²) >= 11 is 0. The zero-order chi connectivity index (χ0) is 14.0. The van der Waals surface area contributed by atoms with E-state index in [-0.39, 0.29) is 18.4 Å². The van der Waals surface area contributed by atoms with E-state index in [1.165, 1.54) is 0 Å². The van der Waals surface area contributed by atoms with Gasteiger partial charge in [0, 0.05) is 17.6 Å². The maximum atomic E-state index is 12.6. The normalized spacial score (nSPS) is 16.6. The van der Waals surface area contributed by atoms with Crippen LogP contribution in [0, 0.1) is 0 Å². The van der Waals surface area contributed by atoms with Crippen molar-refractivity contribution in [3.05, 3.63) is 36.5 Å². The van der Waals surface area contributed by atoms with Gasteiger partial charge in [-0.2, -0.15) is 0 Å². The number of benzene rings is 1. The van der Waals surface area contributed by atoms with E-state index >= 15 is 0 Å². The Morgan fingerprint density at radius 3 is 2.67 bits per heavy atom. The van der Waals surface area contributed by atoms with Crippen LogP contribution in [0.5, 0.6) is 0 Å². The second kappa shape index (κ2) is 6.70. The molecule has 114 valence electrons. The fourth-order valence-corrected chi connectivity index (χ4v) is 4.05. The Hall–Kier alpha value is -1.21. The standard InChI is InChI=1S/C14H17N3O2S.ClH/c18-20(19,17-11-6-9-15-10-7-11)14-5-1-4-13-12(14)3-2-8-16-13;/h1-5,8,11,15,17H,6-7,9-10H2;1H. The Balaban J connectivity index is 0.00000161. The molecule has 0 radical (unpaired) electrons. The van der Waals surface area contributed by atoms with E-state index in [1.54, 1.807) is 30.5 Å². The van der Waals surface area contributed by atoms with Crippen LogP contribution in [0.1, 0.15) is 12.8 Å². The maximum absolute atomic E-state index is 12.6. The Morgan fingerprint density at radius 1 is 1.14 bits per heavy atom. The van der Waals surface area contributed by atoms with E-state index in [4.69, 9.17) is 0 Å². The number of nitrogens with zero attached hydrogens (tertiary/aromatic N) is 1. The van der Waals surface area contributed by atoms with Crippen LogP contribution in [0.3, 0.4) is 0 Å². The lowest BCUT2D eigenvalue weighted by Gasteiger charge is -2.23. The highest BCUT2D eigenvalue weighted by molar-refractivity contribution is 7.89. The first-order chi connectivity index (χ1) is 9.67. The number of aromatic nitrogens is 1. The summed E-state index contributed by atoms with van der Waals surface area (Å²) in [6, 6.07) is 8.73. The number of pyridine rings is 1. The molecule has 0 aliphatic carbocycles. The van der Waals surface area contributed by atoms with Crippen LogP contribution in [0.4, 0.5) is 0 Å². The third kappa shape index (κ3) is 3.52. The van der Waals surface area contributed by atoms with Crippen LogP contribution in [0.25, 0.3) is 10.9 Å². The van der Waals surface area contributed by atoms with Gasteiger partial charge in [-0.25, -0.2) is 13.1 Å². The Labute approximate surface area is 130 Å². The van der Waals surface area contributed by atoms with Crippen molar-refractivity contribution in [1.29, 1.82) is 0 Å². The fraction of sp³-hybridized carbons (Fsp3) is 0.357. The molecule has 0 saturated carbocycles. The first-order valence-corrected chi connectivity index (χ1v) is 8.22. The molecule has 0 amide bonds. The monoisotopic (exact) mass is 327 g/mol. The van der Waals surface area contributed by atoms with Crippen molar-refractivity contribution in [3.63, 3.8) is 0 Å². The molecule has 1 aromatic carbocycles. The molecule has 1 aliphatic heterocycles. The molecule has 7 heteroatoms. The highest BCUT2D eigenvalue weighted by Gasteiger charge is 2.23. The number of sulfonamides is 1. The summed E-state index contributed by atoms with van der Waals surface area (Å²) < 4.78 is 27.9. The third-order valence-electron chi connectivity index (χ3n) is 3.56. The van der Waals surface area contributed by atoms with E-state index in [0.717, 1.165) is 25.9 Å². The van der Waals surface area contributed by atoms with Gasteiger partial charge in [-0.3, -0.25) is 4.98 Å². The summed E-state index contributed by atoms with van der Waals surface area (Å²) in [7, 11) is -3.50. The van der Waals surface area contributed by atoms with Crippen molar-refractivity contribution in [2.24, 2.45) is 0 Å². The molecule has 0 unspecified atom stereocenters. The molecule has 5 nitrogen and oxygen atoms in total. The van der Waals surface area contributed by atoms with Gasteiger partial charge in [0.1, 0.15) is 0 Å². The van der Waals surface area contributed by atoms with Gasteiger partial charge in [0.2, 0.25) is 10.0 Å². The van der Waals surface area contributed by atoms with Crippen LogP contribution in [0.2, 0.25) is 0 Å². The predicted octanol–water partition coefficient (Wildman–Crippen LogP) is 1.69. The van der Waals surface area contributed by atoms with Crippen molar-refractivity contribution in [2.75, 3.05) is 13.1 Å².